The molecule has 5 heteroatoms. The molecule has 15 heavy (non-hydrogen) atoms. The molecule has 0 fully saturated rings. The first kappa shape index (κ1) is 14.2. The lowest BCUT2D eigenvalue weighted by atomic mass is 10.1. The first-order chi connectivity index (χ1) is 7.01. The molecule has 0 aromatic carbocycles. The predicted molar refractivity (Wildman–Crippen MR) is 56.7 cm³/mol. The van der Waals surface area contributed by atoms with Crippen LogP contribution in [-0.4, -0.2) is 30.0 Å². The zero-order valence-corrected chi connectivity index (χ0v) is 10.0. The van der Waals surface area contributed by atoms with E-state index in [9.17, 15) is 9.59 Å². The number of carbonyl (C=O) groups is 2. The van der Waals surface area contributed by atoms with Gasteiger partial charge in [-0.2, -0.15) is 0 Å². The quantitative estimate of drug-likeness (QED) is 0.522. The molecule has 0 aromatic heterocycles. The summed E-state index contributed by atoms with van der Waals surface area (Å²) in [7, 11) is 0. The standard InChI is InChI=1S/C10H17ClO4/c1-4-9(15-7(3)12)8(11)6-10(13)14-5-2/h8-9H,4-6H2,1-3H3/t8-,9-/m1/s1. The molecule has 88 valence electrons. The lowest BCUT2D eigenvalue weighted by Gasteiger charge is -2.19. The van der Waals surface area contributed by atoms with Gasteiger partial charge in [0.1, 0.15) is 6.10 Å². The fraction of sp³-hybridized carbons (Fsp3) is 0.800. The zero-order chi connectivity index (χ0) is 11.8. The van der Waals surface area contributed by atoms with E-state index in [1.807, 2.05) is 6.92 Å². The van der Waals surface area contributed by atoms with Gasteiger partial charge in [-0.1, -0.05) is 6.92 Å². The summed E-state index contributed by atoms with van der Waals surface area (Å²) in [5, 5.41) is -0.530. The number of rotatable bonds is 6. The van der Waals surface area contributed by atoms with Crippen molar-refractivity contribution in [3.63, 3.8) is 0 Å². The number of esters is 2. The van der Waals surface area contributed by atoms with Crippen LogP contribution in [0.4, 0.5) is 0 Å². The molecule has 0 unspecified atom stereocenters. The van der Waals surface area contributed by atoms with E-state index in [2.05, 4.69) is 0 Å². The predicted octanol–water partition coefficient (Wildman–Crippen LogP) is 1.89. The van der Waals surface area contributed by atoms with Gasteiger partial charge in [-0.05, 0) is 13.3 Å². The molecule has 0 aromatic rings. The highest BCUT2D eigenvalue weighted by atomic mass is 35.5. The van der Waals surface area contributed by atoms with Gasteiger partial charge in [-0.25, -0.2) is 0 Å². The van der Waals surface area contributed by atoms with Gasteiger partial charge in [0.2, 0.25) is 0 Å². The molecular weight excluding hydrogens is 220 g/mol. The summed E-state index contributed by atoms with van der Waals surface area (Å²) >= 11 is 5.94. The molecule has 0 aliphatic rings. The van der Waals surface area contributed by atoms with Crippen molar-refractivity contribution in [2.45, 2.75) is 45.1 Å². The average molecular weight is 237 g/mol. The van der Waals surface area contributed by atoms with E-state index in [1.165, 1.54) is 6.92 Å². The fourth-order valence-electron chi connectivity index (χ4n) is 1.14. The van der Waals surface area contributed by atoms with Crippen LogP contribution in [0.1, 0.15) is 33.6 Å². The van der Waals surface area contributed by atoms with E-state index in [1.54, 1.807) is 6.92 Å². The summed E-state index contributed by atoms with van der Waals surface area (Å²) in [4.78, 5) is 21.8. The highest BCUT2D eigenvalue weighted by Crippen LogP contribution is 2.15. The van der Waals surface area contributed by atoms with E-state index < -0.39 is 17.5 Å². The normalized spacial score (nSPS) is 14.1. The SMILES string of the molecule is CCOC(=O)C[C@@H](Cl)[C@@H](CC)OC(C)=O. The molecule has 2 atom stereocenters. The van der Waals surface area contributed by atoms with Gasteiger partial charge in [0, 0.05) is 6.92 Å². The Balaban J connectivity index is 4.08. The Kier molecular flexibility index (Phi) is 7.13. The summed E-state index contributed by atoms with van der Waals surface area (Å²) in [5.74, 6) is -0.764. The highest BCUT2D eigenvalue weighted by molar-refractivity contribution is 6.22. The van der Waals surface area contributed by atoms with Crippen molar-refractivity contribution in [1.29, 1.82) is 0 Å². The van der Waals surface area contributed by atoms with Crippen LogP contribution in [0.3, 0.4) is 0 Å². The van der Waals surface area contributed by atoms with Crippen molar-refractivity contribution in [2.75, 3.05) is 6.61 Å². The van der Waals surface area contributed by atoms with Crippen molar-refractivity contribution in [3.05, 3.63) is 0 Å². The summed E-state index contributed by atoms with van der Waals surface area (Å²) in [6, 6.07) is 0. The zero-order valence-electron chi connectivity index (χ0n) is 9.29. The Bertz CT molecular complexity index is 217. The van der Waals surface area contributed by atoms with Crippen LogP contribution in [-0.2, 0) is 19.1 Å². The maximum absolute atomic E-state index is 11.1. The van der Waals surface area contributed by atoms with Crippen LogP contribution < -0.4 is 0 Å². The number of carbonyl (C=O) groups excluding carboxylic acids is 2. The van der Waals surface area contributed by atoms with Crippen LogP contribution >= 0.6 is 11.6 Å². The Hall–Kier alpha value is -0.770. The van der Waals surface area contributed by atoms with Gasteiger partial charge in [-0.15, -0.1) is 11.6 Å². The first-order valence-electron chi connectivity index (χ1n) is 4.98. The highest BCUT2D eigenvalue weighted by Gasteiger charge is 2.23. The number of hydrogen-bond donors (Lipinski definition) is 0. The molecule has 0 spiro atoms. The van der Waals surface area contributed by atoms with Crippen LogP contribution in [0.25, 0.3) is 0 Å². The minimum Gasteiger partial charge on any atom is -0.466 e. The van der Waals surface area contributed by atoms with Crippen molar-refractivity contribution >= 4 is 23.5 Å². The van der Waals surface area contributed by atoms with Crippen LogP contribution in [0, 0.1) is 0 Å². The van der Waals surface area contributed by atoms with E-state index >= 15 is 0 Å². The second kappa shape index (κ2) is 7.51. The van der Waals surface area contributed by atoms with E-state index in [4.69, 9.17) is 21.1 Å². The second-order valence-corrected chi connectivity index (χ2v) is 3.64. The number of ether oxygens (including phenoxy) is 2. The van der Waals surface area contributed by atoms with Gasteiger partial charge in [-0.3, -0.25) is 9.59 Å². The minimum atomic E-state index is -0.530. The van der Waals surface area contributed by atoms with Gasteiger partial charge < -0.3 is 9.47 Å². The molecule has 0 amide bonds. The average Bonchev–Trinajstić information content (AvgIpc) is 2.13. The van der Waals surface area contributed by atoms with Gasteiger partial charge in [0.05, 0.1) is 18.4 Å². The third kappa shape index (κ3) is 6.33. The van der Waals surface area contributed by atoms with Gasteiger partial charge in [0.25, 0.3) is 0 Å². The maximum Gasteiger partial charge on any atom is 0.307 e. The lowest BCUT2D eigenvalue weighted by molar-refractivity contribution is -0.150. The number of alkyl halides is 1. The Labute approximate surface area is 94.9 Å². The van der Waals surface area contributed by atoms with Crippen LogP contribution in [0.5, 0.6) is 0 Å². The molecule has 0 aliphatic carbocycles. The summed E-state index contributed by atoms with van der Waals surface area (Å²) in [5.41, 5.74) is 0. The molecule has 0 bridgehead atoms. The Morgan fingerprint density at radius 2 is 1.93 bits per heavy atom. The maximum atomic E-state index is 11.1. The van der Waals surface area contributed by atoms with E-state index in [0.717, 1.165) is 0 Å². The number of halogens is 1. The first-order valence-corrected chi connectivity index (χ1v) is 5.41. The van der Waals surface area contributed by atoms with Crippen molar-refractivity contribution in [2.24, 2.45) is 0 Å². The largest absolute Gasteiger partial charge is 0.466 e. The molecule has 0 rings (SSSR count). The molecule has 0 aliphatic heterocycles. The molecule has 0 saturated heterocycles. The fourth-order valence-corrected chi connectivity index (χ4v) is 1.49. The summed E-state index contributed by atoms with van der Waals surface area (Å²) < 4.78 is 9.71. The van der Waals surface area contributed by atoms with E-state index in [0.29, 0.717) is 13.0 Å². The lowest BCUT2D eigenvalue weighted by Crippen LogP contribution is -2.28. The Morgan fingerprint density at radius 1 is 1.33 bits per heavy atom. The molecule has 4 nitrogen and oxygen atoms in total. The molecule has 0 saturated carbocycles. The van der Waals surface area contributed by atoms with Crippen molar-refractivity contribution in [3.8, 4) is 0 Å². The molecule has 0 radical (unpaired) electrons. The topological polar surface area (TPSA) is 52.6 Å². The third-order valence-electron chi connectivity index (χ3n) is 1.79. The van der Waals surface area contributed by atoms with Gasteiger partial charge >= 0.3 is 11.9 Å². The summed E-state index contributed by atoms with van der Waals surface area (Å²) in [6.07, 6.45) is 0.197. The minimum absolute atomic E-state index is 0.0567. The van der Waals surface area contributed by atoms with Gasteiger partial charge in [0.15, 0.2) is 0 Å². The van der Waals surface area contributed by atoms with E-state index in [-0.39, 0.29) is 12.4 Å². The molecular formula is C10H17ClO4. The van der Waals surface area contributed by atoms with Crippen molar-refractivity contribution in [1.82, 2.24) is 0 Å². The monoisotopic (exact) mass is 236 g/mol. The third-order valence-corrected chi connectivity index (χ3v) is 2.23. The van der Waals surface area contributed by atoms with Crippen molar-refractivity contribution < 1.29 is 19.1 Å². The summed E-state index contributed by atoms with van der Waals surface area (Å²) in [6.45, 7) is 5.21. The molecule has 0 heterocycles. The molecule has 0 N–H and O–H groups in total. The Morgan fingerprint density at radius 3 is 2.33 bits per heavy atom. The number of hydrogen-bond acceptors (Lipinski definition) is 4. The van der Waals surface area contributed by atoms with Crippen LogP contribution in [0.15, 0.2) is 0 Å². The smallest absolute Gasteiger partial charge is 0.307 e. The van der Waals surface area contributed by atoms with Crippen LogP contribution in [0.2, 0.25) is 0 Å². The second-order valence-electron chi connectivity index (χ2n) is 3.08.